The molecule has 0 saturated carbocycles. The molecule has 0 unspecified atom stereocenters. The van der Waals surface area contributed by atoms with E-state index in [1.165, 1.54) is 0 Å². The maximum atomic E-state index is 13.0. The van der Waals surface area contributed by atoms with Crippen LogP contribution in [0.2, 0.25) is 0 Å². The van der Waals surface area contributed by atoms with Crippen LogP contribution in [0.3, 0.4) is 0 Å². The fourth-order valence-corrected chi connectivity index (χ4v) is 4.64. The first kappa shape index (κ1) is 19.1. The Bertz CT molecular complexity index is 1050. The van der Waals surface area contributed by atoms with Crippen molar-refractivity contribution in [2.24, 2.45) is 0 Å². The van der Waals surface area contributed by atoms with Crippen LogP contribution in [0.25, 0.3) is 10.8 Å². The van der Waals surface area contributed by atoms with Crippen molar-refractivity contribution in [3.8, 4) is 0 Å². The average Bonchev–Trinajstić information content (AvgIpc) is 2.68. The SMILES string of the molecule is Cc1ccc(SON2C(=O)c3cccc4c(SC(C)C)ccc(c34)C2=O)cc1. The van der Waals surface area contributed by atoms with Gasteiger partial charge in [-0.15, -0.1) is 16.8 Å². The molecule has 0 saturated heterocycles. The molecule has 0 aliphatic carbocycles. The molecule has 4 nitrogen and oxygen atoms in total. The maximum absolute atomic E-state index is 13.0. The third kappa shape index (κ3) is 3.43. The summed E-state index contributed by atoms with van der Waals surface area (Å²) < 4.78 is 5.56. The van der Waals surface area contributed by atoms with Gasteiger partial charge in [-0.2, -0.15) is 4.28 Å². The number of hydroxylamine groups is 2. The molecule has 28 heavy (non-hydrogen) atoms. The van der Waals surface area contributed by atoms with Crippen molar-refractivity contribution in [1.82, 2.24) is 5.06 Å². The number of imide groups is 1. The highest BCUT2D eigenvalue weighted by Crippen LogP contribution is 2.38. The maximum Gasteiger partial charge on any atom is 0.286 e. The summed E-state index contributed by atoms with van der Waals surface area (Å²) in [6.07, 6.45) is 0. The second kappa shape index (κ2) is 7.62. The van der Waals surface area contributed by atoms with Crippen LogP contribution < -0.4 is 0 Å². The average molecular weight is 410 g/mol. The van der Waals surface area contributed by atoms with Crippen molar-refractivity contribution in [1.29, 1.82) is 0 Å². The zero-order valence-electron chi connectivity index (χ0n) is 15.8. The minimum atomic E-state index is -0.436. The quantitative estimate of drug-likeness (QED) is 0.299. The van der Waals surface area contributed by atoms with Crippen LogP contribution in [-0.2, 0) is 4.28 Å². The van der Waals surface area contributed by atoms with E-state index in [1.54, 1.807) is 23.9 Å². The summed E-state index contributed by atoms with van der Waals surface area (Å²) in [5.74, 6) is -0.871. The van der Waals surface area contributed by atoms with Crippen molar-refractivity contribution in [3.63, 3.8) is 0 Å². The number of nitrogens with zero attached hydrogens (tertiary/aromatic N) is 1. The molecule has 0 bridgehead atoms. The van der Waals surface area contributed by atoms with Gasteiger partial charge in [0.2, 0.25) is 0 Å². The van der Waals surface area contributed by atoms with Gasteiger partial charge in [-0.1, -0.05) is 43.7 Å². The standard InChI is InChI=1S/C22H19NO3S2/c1-13(2)27-19-12-11-18-20-16(19)5-4-6-17(20)21(24)23(22(18)25)26-28-15-9-7-14(3)8-10-15/h4-13H,1-3H3. The summed E-state index contributed by atoms with van der Waals surface area (Å²) in [7, 11) is 0. The molecule has 0 spiro atoms. The van der Waals surface area contributed by atoms with Gasteiger partial charge in [-0.05, 0) is 42.6 Å². The Morgan fingerprint density at radius 1 is 0.893 bits per heavy atom. The molecular weight excluding hydrogens is 390 g/mol. The van der Waals surface area contributed by atoms with Gasteiger partial charge in [0, 0.05) is 20.4 Å². The Morgan fingerprint density at radius 3 is 2.25 bits per heavy atom. The smallest absolute Gasteiger partial charge is 0.266 e. The number of thioether (sulfide) groups is 1. The first-order valence-electron chi connectivity index (χ1n) is 8.98. The summed E-state index contributed by atoms with van der Waals surface area (Å²) >= 11 is 2.72. The van der Waals surface area contributed by atoms with Crippen molar-refractivity contribution in [2.75, 3.05) is 0 Å². The van der Waals surface area contributed by atoms with Crippen LogP contribution >= 0.6 is 23.8 Å². The lowest BCUT2D eigenvalue weighted by Gasteiger charge is -2.26. The number of aryl methyl sites for hydroxylation is 1. The highest BCUT2D eigenvalue weighted by molar-refractivity contribution is 8.00. The summed E-state index contributed by atoms with van der Waals surface area (Å²) in [4.78, 5) is 27.9. The second-order valence-electron chi connectivity index (χ2n) is 6.88. The molecule has 142 valence electrons. The van der Waals surface area contributed by atoms with E-state index in [1.807, 2.05) is 49.4 Å². The van der Waals surface area contributed by atoms with Gasteiger partial charge >= 0.3 is 0 Å². The molecule has 2 amide bonds. The van der Waals surface area contributed by atoms with E-state index in [-0.39, 0.29) is 0 Å². The first-order chi connectivity index (χ1) is 13.5. The Hall–Kier alpha value is -2.28. The van der Waals surface area contributed by atoms with Gasteiger partial charge in [0.05, 0.1) is 23.2 Å². The number of carbonyl (C=O) groups excluding carboxylic acids is 2. The monoisotopic (exact) mass is 409 g/mol. The number of amides is 2. The second-order valence-corrected chi connectivity index (χ2v) is 9.29. The number of benzene rings is 3. The normalized spacial score (nSPS) is 13.6. The van der Waals surface area contributed by atoms with Crippen LogP contribution in [-0.4, -0.2) is 22.1 Å². The Balaban J connectivity index is 1.69. The van der Waals surface area contributed by atoms with Gasteiger partial charge in [-0.3, -0.25) is 9.59 Å². The lowest BCUT2D eigenvalue weighted by Crippen LogP contribution is -2.38. The van der Waals surface area contributed by atoms with Crippen molar-refractivity contribution < 1.29 is 13.9 Å². The number of hydrogen-bond acceptors (Lipinski definition) is 5. The number of rotatable bonds is 5. The van der Waals surface area contributed by atoms with Gasteiger partial charge in [0.25, 0.3) is 11.8 Å². The van der Waals surface area contributed by atoms with Crippen LogP contribution in [0.15, 0.2) is 64.4 Å². The van der Waals surface area contributed by atoms with E-state index in [0.29, 0.717) is 21.8 Å². The first-order valence-corrected chi connectivity index (χ1v) is 10.6. The predicted molar refractivity (Wildman–Crippen MR) is 114 cm³/mol. The highest BCUT2D eigenvalue weighted by Gasteiger charge is 2.35. The summed E-state index contributed by atoms with van der Waals surface area (Å²) in [5, 5.41) is 2.90. The van der Waals surface area contributed by atoms with E-state index >= 15 is 0 Å². The zero-order valence-corrected chi connectivity index (χ0v) is 17.4. The molecule has 6 heteroatoms. The summed E-state index contributed by atoms with van der Waals surface area (Å²) in [6.45, 7) is 6.24. The van der Waals surface area contributed by atoms with E-state index in [4.69, 9.17) is 4.28 Å². The molecule has 1 heterocycles. The molecule has 0 fully saturated rings. The molecular formula is C22H19NO3S2. The van der Waals surface area contributed by atoms with E-state index < -0.39 is 11.8 Å². The van der Waals surface area contributed by atoms with E-state index in [9.17, 15) is 9.59 Å². The topological polar surface area (TPSA) is 46.6 Å². The van der Waals surface area contributed by atoms with E-state index in [2.05, 4.69) is 13.8 Å². The van der Waals surface area contributed by atoms with Crippen LogP contribution in [0.4, 0.5) is 0 Å². The number of carbonyl (C=O) groups is 2. The Kier molecular flexibility index (Phi) is 5.19. The lowest BCUT2D eigenvalue weighted by molar-refractivity contribution is -0.00753. The van der Waals surface area contributed by atoms with E-state index in [0.717, 1.165) is 37.8 Å². The van der Waals surface area contributed by atoms with Gasteiger partial charge < -0.3 is 0 Å². The minimum Gasteiger partial charge on any atom is -0.266 e. The van der Waals surface area contributed by atoms with Gasteiger partial charge in [0.1, 0.15) is 0 Å². The molecule has 3 aromatic carbocycles. The zero-order chi connectivity index (χ0) is 19.8. The largest absolute Gasteiger partial charge is 0.286 e. The number of hydrogen-bond donors (Lipinski definition) is 0. The molecule has 0 radical (unpaired) electrons. The summed E-state index contributed by atoms with van der Waals surface area (Å²) in [5.41, 5.74) is 2.11. The Morgan fingerprint density at radius 2 is 1.57 bits per heavy atom. The summed E-state index contributed by atoms with van der Waals surface area (Å²) in [6, 6.07) is 17.0. The van der Waals surface area contributed by atoms with Crippen LogP contribution in [0.1, 0.15) is 40.1 Å². The fourth-order valence-electron chi connectivity index (χ4n) is 3.15. The van der Waals surface area contributed by atoms with Crippen LogP contribution in [0, 0.1) is 6.92 Å². The molecule has 0 atom stereocenters. The van der Waals surface area contributed by atoms with Crippen molar-refractivity contribution >= 4 is 46.4 Å². The molecule has 0 aromatic heterocycles. The molecule has 3 aromatic rings. The molecule has 4 rings (SSSR count). The van der Waals surface area contributed by atoms with Gasteiger partial charge in [-0.25, -0.2) is 0 Å². The van der Waals surface area contributed by atoms with Crippen molar-refractivity contribution in [3.05, 3.63) is 71.3 Å². The third-order valence-corrected chi connectivity index (χ3v) is 6.19. The minimum absolute atomic E-state index is 0.401. The highest BCUT2D eigenvalue weighted by atomic mass is 32.2. The van der Waals surface area contributed by atoms with Crippen LogP contribution in [0.5, 0.6) is 0 Å². The molecule has 1 aliphatic rings. The third-order valence-electron chi connectivity index (χ3n) is 4.42. The molecule has 1 aliphatic heterocycles. The predicted octanol–water partition coefficient (Wildman–Crippen LogP) is 5.88. The fraction of sp³-hybridized carbons (Fsp3) is 0.182. The lowest BCUT2D eigenvalue weighted by atomic mass is 9.95. The Labute approximate surface area is 172 Å². The molecule has 0 N–H and O–H groups in total. The van der Waals surface area contributed by atoms with Gasteiger partial charge in [0.15, 0.2) is 0 Å². The van der Waals surface area contributed by atoms with Crippen molar-refractivity contribution in [2.45, 2.75) is 35.8 Å².